The first-order chi connectivity index (χ1) is 24.8. The molecule has 1 saturated carbocycles. The Bertz CT molecular complexity index is 2090. The SMILES string of the molecule is C#Cc1c(F)ccc2cc(O)cc(-c3ncc4c(N5CCOC[C@@H](NC(=O)C=C)C5)c5c(nc4c3F)O[C@@H](C3(CN4CCOCC4)CC3)CO5)c12. The summed E-state index contributed by atoms with van der Waals surface area (Å²) < 4.78 is 56.7. The lowest BCUT2D eigenvalue weighted by molar-refractivity contribution is -0.117. The van der Waals surface area contributed by atoms with E-state index in [9.17, 15) is 14.3 Å². The number of carbonyl (C=O) groups excluding carboxylic acids is 1. The van der Waals surface area contributed by atoms with Gasteiger partial charge in [0.05, 0.1) is 43.7 Å². The van der Waals surface area contributed by atoms with Gasteiger partial charge in [0.1, 0.15) is 35.5 Å². The van der Waals surface area contributed by atoms with Gasteiger partial charge in [-0.15, -0.1) is 6.42 Å². The number of amides is 1. The van der Waals surface area contributed by atoms with Crippen LogP contribution in [0, 0.1) is 29.4 Å². The molecular formula is C38H37F2N5O6. The molecule has 51 heavy (non-hydrogen) atoms. The van der Waals surface area contributed by atoms with Crippen molar-refractivity contribution in [1.82, 2.24) is 20.2 Å². The second-order valence-corrected chi connectivity index (χ2v) is 13.5. The molecule has 8 rings (SSSR count). The normalized spacial score (nSPS) is 21.5. The Morgan fingerprint density at radius 1 is 1.16 bits per heavy atom. The molecule has 1 aliphatic carbocycles. The zero-order valence-corrected chi connectivity index (χ0v) is 27.9. The molecule has 1 amide bonds. The van der Waals surface area contributed by atoms with Crippen LogP contribution in [0.2, 0.25) is 0 Å². The smallest absolute Gasteiger partial charge is 0.260 e. The maximum atomic E-state index is 17.1. The van der Waals surface area contributed by atoms with E-state index in [1.165, 1.54) is 36.5 Å². The van der Waals surface area contributed by atoms with Crippen molar-refractivity contribution in [2.24, 2.45) is 5.41 Å². The number of carbonyl (C=O) groups is 1. The predicted octanol–water partition coefficient (Wildman–Crippen LogP) is 4.17. The first-order valence-corrected chi connectivity index (χ1v) is 17.1. The Hall–Kier alpha value is -5.03. The maximum absolute atomic E-state index is 17.1. The van der Waals surface area contributed by atoms with Crippen LogP contribution in [0.1, 0.15) is 18.4 Å². The second-order valence-electron chi connectivity index (χ2n) is 13.5. The monoisotopic (exact) mass is 697 g/mol. The van der Waals surface area contributed by atoms with Gasteiger partial charge in [-0.1, -0.05) is 18.6 Å². The molecule has 4 aliphatic rings. The number of nitrogens with one attached hydrogen (secondary N) is 1. The summed E-state index contributed by atoms with van der Waals surface area (Å²) in [5.41, 5.74) is 0.186. The van der Waals surface area contributed by atoms with Gasteiger partial charge in [0, 0.05) is 60.7 Å². The summed E-state index contributed by atoms with van der Waals surface area (Å²) in [4.78, 5) is 25.9. The minimum absolute atomic E-state index is 0.0528. The van der Waals surface area contributed by atoms with Crippen molar-refractivity contribution in [3.63, 3.8) is 0 Å². The largest absolute Gasteiger partial charge is 0.508 e. The topological polar surface area (TPSA) is 119 Å². The van der Waals surface area contributed by atoms with E-state index in [4.69, 9.17) is 30.4 Å². The molecule has 3 aliphatic heterocycles. The molecule has 4 aromatic rings. The molecule has 2 N–H and O–H groups in total. The van der Waals surface area contributed by atoms with E-state index in [1.807, 2.05) is 4.90 Å². The third kappa shape index (κ3) is 6.07. The molecule has 2 aromatic carbocycles. The summed E-state index contributed by atoms with van der Waals surface area (Å²) in [6.45, 7) is 9.02. The van der Waals surface area contributed by atoms with Crippen LogP contribution < -0.4 is 19.7 Å². The van der Waals surface area contributed by atoms with Crippen molar-refractivity contribution in [3.05, 3.63) is 60.3 Å². The molecule has 0 unspecified atom stereocenters. The van der Waals surface area contributed by atoms with Crippen LogP contribution in [0.3, 0.4) is 0 Å². The summed E-state index contributed by atoms with van der Waals surface area (Å²) in [7, 11) is 0. The molecular weight excluding hydrogens is 660 g/mol. The fourth-order valence-electron chi connectivity index (χ4n) is 7.54. The van der Waals surface area contributed by atoms with E-state index in [-0.39, 0.29) is 70.0 Å². The lowest BCUT2D eigenvalue weighted by Crippen LogP contribution is -2.47. The van der Waals surface area contributed by atoms with Crippen LogP contribution in [-0.4, -0.2) is 104 Å². The Kier molecular flexibility index (Phi) is 8.62. The molecule has 0 bridgehead atoms. The summed E-state index contributed by atoms with van der Waals surface area (Å²) >= 11 is 0. The van der Waals surface area contributed by atoms with Gasteiger partial charge >= 0.3 is 0 Å². The standard InChI is InChI=1S/C38H37F2N5O6/c1-3-25-28(39)6-5-22-15-24(46)16-26(31(22)25)33-32(40)34-27(17-41-33)35(45-11-14-49-19-23(18-45)42-30(47)4-2)36-37(43-34)51-29(20-50-36)38(7-8-38)21-44-9-12-48-13-10-44/h1,4-6,15-17,23,29,46H,2,7-14,18-21H2,(H,42,47)/t23-,29+/m0/s1. The molecule has 3 fully saturated rings. The number of hydrogen-bond donors (Lipinski definition) is 2. The number of aromatic hydroxyl groups is 1. The Morgan fingerprint density at radius 3 is 2.73 bits per heavy atom. The molecule has 0 spiro atoms. The number of hydrogen-bond acceptors (Lipinski definition) is 10. The van der Waals surface area contributed by atoms with Crippen molar-refractivity contribution in [2.75, 3.05) is 70.7 Å². The number of fused-ring (bicyclic) bond motifs is 3. The van der Waals surface area contributed by atoms with E-state index in [0.717, 1.165) is 32.5 Å². The minimum atomic E-state index is -0.807. The summed E-state index contributed by atoms with van der Waals surface area (Å²) in [5, 5.41) is 14.5. The molecule has 2 saturated heterocycles. The van der Waals surface area contributed by atoms with Crippen molar-refractivity contribution >= 4 is 33.3 Å². The van der Waals surface area contributed by atoms with Gasteiger partial charge in [0.15, 0.2) is 5.82 Å². The van der Waals surface area contributed by atoms with Crippen LogP contribution in [0.4, 0.5) is 14.5 Å². The van der Waals surface area contributed by atoms with Crippen LogP contribution >= 0.6 is 0 Å². The second kappa shape index (κ2) is 13.3. The average Bonchev–Trinajstić information content (AvgIpc) is 3.95. The number of pyridine rings is 2. The highest BCUT2D eigenvalue weighted by Gasteiger charge is 2.54. The quantitative estimate of drug-likeness (QED) is 0.215. The zero-order valence-electron chi connectivity index (χ0n) is 27.9. The van der Waals surface area contributed by atoms with Crippen molar-refractivity contribution < 1.29 is 37.6 Å². The molecule has 11 nitrogen and oxygen atoms in total. The number of ether oxygens (including phenoxy) is 4. The number of phenols is 1. The molecule has 0 radical (unpaired) electrons. The van der Waals surface area contributed by atoms with Gasteiger partial charge < -0.3 is 34.3 Å². The highest BCUT2D eigenvalue weighted by Crippen LogP contribution is 2.54. The number of morpholine rings is 1. The van der Waals surface area contributed by atoms with Crippen molar-refractivity contribution in [1.29, 1.82) is 0 Å². The van der Waals surface area contributed by atoms with Crippen molar-refractivity contribution in [2.45, 2.75) is 25.0 Å². The van der Waals surface area contributed by atoms with E-state index in [1.54, 1.807) is 0 Å². The summed E-state index contributed by atoms with van der Waals surface area (Å²) in [6.07, 6.45) is 10.0. The molecule has 2 atom stereocenters. The summed E-state index contributed by atoms with van der Waals surface area (Å²) in [5.74, 6) is 0.897. The van der Waals surface area contributed by atoms with E-state index < -0.39 is 17.7 Å². The van der Waals surface area contributed by atoms with Crippen molar-refractivity contribution in [3.8, 4) is 41.0 Å². The number of phenolic OH excluding ortho intramolecular Hbond substituents is 1. The Labute approximate surface area is 293 Å². The minimum Gasteiger partial charge on any atom is -0.508 e. The number of aromatic nitrogens is 2. The predicted molar refractivity (Wildman–Crippen MR) is 186 cm³/mol. The van der Waals surface area contributed by atoms with Gasteiger partial charge in [0.25, 0.3) is 5.88 Å². The first-order valence-electron chi connectivity index (χ1n) is 17.1. The third-order valence-electron chi connectivity index (χ3n) is 10.3. The average molecular weight is 698 g/mol. The van der Waals surface area contributed by atoms with Gasteiger partial charge in [0.2, 0.25) is 11.7 Å². The number of halogens is 2. The Balaban J connectivity index is 1.27. The zero-order chi connectivity index (χ0) is 35.3. The number of benzene rings is 2. The first kappa shape index (κ1) is 33.1. The number of rotatable bonds is 7. The van der Waals surface area contributed by atoms with Crippen LogP contribution in [0.15, 0.2) is 43.1 Å². The van der Waals surface area contributed by atoms with Crippen LogP contribution in [-0.2, 0) is 14.3 Å². The van der Waals surface area contributed by atoms with Gasteiger partial charge in [-0.2, -0.15) is 0 Å². The lowest BCUT2D eigenvalue weighted by atomic mass is 9.95. The van der Waals surface area contributed by atoms with Crippen LogP contribution in [0.5, 0.6) is 17.4 Å². The van der Waals surface area contributed by atoms with Gasteiger partial charge in [-0.3, -0.25) is 14.7 Å². The molecule has 2 aromatic heterocycles. The van der Waals surface area contributed by atoms with E-state index in [0.29, 0.717) is 55.1 Å². The van der Waals surface area contributed by atoms with Gasteiger partial charge in [-0.25, -0.2) is 13.8 Å². The van der Waals surface area contributed by atoms with Crippen LogP contribution in [0.25, 0.3) is 32.9 Å². The fourth-order valence-corrected chi connectivity index (χ4v) is 7.54. The fraction of sp³-hybridized carbons (Fsp3) is 0.395. The third-order valence-corrected chi connectivity index (χ3v) is 10.3. The van der Waals surface area contributed by atoms with E-state index in [2.05, 4.69) is 27.7 Å². The Morgan fingerprint density at radius 2 is 1.96 bits per heavy atom. The molecule has 5 heterocycles. The molecule has 13 heteroatoms. The van der Waals surface area contributed by atoms with Gasteiger partial charge in [-0.05, 0) is 42.5 Å². The molecule has 264 valence electrons. The maximum Gasteiger partial charge on any atom is 0.260 e. The number of nitrogens with zero attached hydrogens (tertiary/aromatic N) is 4. The lowest BCUT2D eigenvalue weighted by Gasteiger charge is -2.38. The summed E-state index contributed by atoms with van der Waals surface area (Å²) in [6, 6.07) is 5.02. The highest BCUT2D eigenvalue weighted by atomic mass is 19.1. The van der Waals surface area contributed by atoms with E-state index >= 15 is 4.39 Å². The number of anilines is 1. The highest BCUT2D eigenvalue weighted by molar-refractivity contribution is 6.04. The number of terminal acetylenes is 1.